The van der Waals surface area contributed by atoms with Crippen LogP contribution in [0.1, 0.15) is 13.8 Å². The fraction of sp³-hybridized carbons (Fsp3) is 0.833. The van der Waals surface area contributed by atoms with Gasteiger partial charge in [0.15, 0.2) is 0 Å². The molecule has 2 N–H and O–H groups in total. The van der Waals surface area contributed by atoms with Gasteiger partial charge in [0.25, 0.3) is 0 Å². The number of hydrogen-bond acceptors (Lipinski definition) is 5. The van der Waals surface area contributed by atoms with Crippen LogP contribution in [0.2, 0.25) is 0 Å². The van der Waals surface area contributed by atoms with Gasteiger partial charge in [0.05, 0.1) is 0 Å². The minimum Gasteiger partial charge on any atom is -0.465 e. The summed E-state index contributed by atoms with van der Waals surface area (Å²) < 4.78 is -0.0765. The average Bonchev–Trinajstić information content (AvgIpc) is 2.09. The first-order valence-electron chi connectivity index (χ1n) is 3.76. The van der Waals surface area contributed by atoms with Gasteiger partial charge in [-0.05, 0) is 0 Å². The molecule has 0 rings (SSSR count). The van der Waals surface area contributed by atoms with Gasteiger partial charge >= 0.3 is 6.09 Å². The molecule has 0 spiro atoms. The third-order valence-electron chi connectivity index (χ3n) is 0.788. The first kappa shape index (κ1) is 13.7. The topological polar surface area (TPSA) is 49.3 Å². The molecule has 0 radical (unpaired) electrons. The molecule has 7 heteroatoms. The molecule has 78 valence electrons. The van der Waals surface area contributed by atoms with Gasteiger partial charge in [-0.2, -0.15) is 0 Å². The molecule has 0 unspecified atom stereocenters. The van der Waals surface area contributed by atoms with Crippen LogP contribution < -0.4 is 5.32 Å². The van der Waals surface area contributed by atoms with Crippen LogP contribution in [0.4, 0.5) is 4.79 Å². The smallest absolute Gasteiger partial charge is 0.406 e. The largest absolute Gasteiger partial charge is 0.465 e. The van der Waals surface area contributed by atoms with Gasteiger partial charge in [-0.3, -0.25) is 5.32 Å². The van der Waals surface area contributed by atoms with Crippen molar-refractivity contribution in [2.24, 2.45) is 0 Å². The van der Waals surface area contributed by atoms with Crippen LogP contribution >= 0.6 is 43.2 Å². The monoisotopic (exact) mass is 259 g/mol. The van der Waals surface area contributed by atoms with E-state index in [1.807, 2.05) is 13.8 Å². The van der Waals surface area contributed by atoms with Crippen molar-refractivity contribution in [1.82, 2.24) is 5.32 Å². The molecule has 0 aliphatic heterocycles. The van der Waals surface area contributed by atoms with Crippen molar-refractivity contribution in [2.45, 2.75) is 18.6 Å². The molecule has 3 nitrogen and oxygen atoms in total. The highest BCUT2D eigenvalue weighted by atomic mass is 33.1. The highest BCUT2D eigenvalue weighted by Gasteiger charge is 2.12. The molecule has 0 saturated carbocycles. The van der Waals surface area contributed by atoms with E-state index in [9.17, 15) is 4.79 Å². The van der Waals surface area contributed by atoms with Crippen molar-refractivity contribution in [1.29, 1.82) is 0 Å². The molecule has 0 aromatic heterocycles. The summed E-state index contributed by atoms with van der Waals surface area (Å²) in [4.78, 5) is 10.4. The van der Waals surface area contributed by atoms with E-state index in [1.165, 1.54) is 0 Å². The Kier molecular flexibility index (Phi) is 9.71. The van der Waals surface area contributed by atoms with Crippen LogP contribution in [-0.4, -0.2) is 27.4 Å². The van der Waals surface area contributed by atoms with Gasteiger partial charge in [0.2, 0.25) is 0 Å². The van der Waals surface area contributed by atoms with E-state index in [1.54, 1.807) is 43.2 Å². The van der Waals surface area contributed by atoms with Crippen molar-refractivity contribution in [2.75, 3.05) is 11.5 Å². The molecular formula is C6H13NO2S4. The van der Waals surface area contributed by atoms with Crippen molar-refractivity contribution in [3.63, 3.8) is 0 Å². The number of hydrogen-bond donors (Lipinski definition) is 2. The van der Waals surface area contributed by atoms with E-state index in [2.05, 4.69) is 5.32 Å². The molecule has 0 saturated heterocycles. The molecule has 0 bridgehead atoms. The lowest BCUT2D eigenvalue weighted by Crippen LogP contribution is -2.27. The summed E-state index contributed by atoms with van der Waals surface area (Å²) in [6, 6.07) is 0. The molecular weight excluding hydrogens is 246 g/mol. The first-order chi connectivity index (χ1) is 6.20. The second-order valence-electron chi connectivity index (χ2n) is 1.79. The number of nitrogens with one attached hydrogen (secondary N) is 1. The Labute approximate surface area is 94.4 Å². The standard InChI is InChI=1S/C6H13NO2S4/c1-3-10-12-6(7-5(8)9)13-11-4-2/h6-7H,3-4H2,1-2H3,(H,8,9). The second kappa shape index (κ2) is 9.23. The van der Waals surface area contributed by atoms with Gasteiger partial charge in [0.1, 0.15) is 4.71 Å². The number of amides is 1. The minimum absolute atomic E-state index is 0.0765. The van der Waals surface area contributed by atoms with E-state index in [4.69, 9.17) is 5.11 Å². The lowest BCUT2D eigenvalue weighted by Gasteiger charge is -2.13. The molecule has 0 atom stereocenters. The van der Waals surface area contributed by atoms with E-state index in [-0.39, 0.29) is 4.71 Å². The fourth-order valence-electron chi connectivity index (χ4n) is 0.425. The quantitative estimate of drug-likeness (QED) is 0.540. The van der Waals surface area contributed by atoms with E-state index in [0.717, 1.165) is 11.5 Å². The Balaban J connectivity index is 3.66. The second-order valence-corrected chi connectivity index (χ2v) is 7.61. The van der Waals surface area contributed by atoms with Crippen molar-refractivity contribution < 1.29 is 9.90 Å². The van der Waals surface area contributed by atoms with Gasteiger partial charge in [-0.25, -0.2) is 4.79 Å². The number of carbonyl (C=O) groups is 1. The summed E-state index contributed by atoms with van der Waals surface area (Å²) in [7, 11) is 6.44. The summed E-state index contributed by atoms with van der Waals surface area (Å²) in [5.74, 6) is 1.97. The Morgan fingerprint density at radius 2 is 1.77 bits per heavy atom. The van der Waals surface area contributed by atoms with Crippen molar-refractivity contribution in [3.8, 4) is 0 Å². The summed E-state index contributed by atoms with van der Waals surface area (Å²) in [6.07, 6.45) is -0.960. The zero-order valence-corrected chi connectivity index (χ0v) is 10.7. The maximum atomic E-state index is 10.4. The molecule has 0 fully saturated rings. The van der Waals surface area contributed by atoms with Crippen molar-refractivity contribution in [3.05, 3.63) is 0 Å². The van der Waals surface area contributed by atoms with Gasteiger partial charge in [-0.1, -0.05) is 57.0 Å². The summed E-state index contributed by atoms with van der Waals surface area (Å²) in [5, 5.41) is 11.0. The minimum atomic E-state index is -0.960. The van der Waals surface area contributed by atoms with E-state index in [0.29, 0.717) is 0 Å². The first-order valence-corrected chi connectivity index (χ1v) is 8.53. The summed E-state index contributed by atoms with van der Waals surface area (Å²) >= 11 is 0. The zero-order valence-electron chi connectivity index (χ0n) is 7.48. The zero-order chi connectivity index (χ0) is 10.1. The van der Waals surface area contributed by atoms with Crippen LogP contribution in [-0.2, 0) is 0 Å². The third kappa shape index (κ3) is 8.99. The SMILES string of the molecule is CCSSC(NC(=O)O)SSCC. The van der Waals surface area contributed by atoms with Crippen LogP contribution in [0.15, 0.2) is 0 Å². The molecule has 1 amide bonds. The van der Waals surface area contributed by atoms with Crippen LogP contribution in [0, 0.1) is 0 Å². The predicted octanol–water partition coefficient (Wildman–Crippen LogP) is 3.34. The van der Waals surface area contributed by atoms with Crippen LogP contribution in [0.5, 0.6) is 0 Å². The lowest BCUT2D eigenvalue weighted by atomic mass is 11.0. The van der Waals surface area contributed by atoms with E-state index >= 15 is 0 Å². The van der Waals surface area contributed by atoms with Crippen molar-refractivity contribution >= 4 is 49.3 Å². The molecule has 0 heterocycles. The third-order valence-corrected chi connectivity index (χ3v) is 6.81. The Morgan fingerprint density at radius 3 is 2.08 bits per heavy atom. The Bertz CT molecular complexity index is 139. The van der Waals surface area contributed by atoms with Crippen LogP contribution in [0.3, 0.4) is 0 Å². The summed E-state index contributed by atoms with van der Waals surface area (Å²) in [5.41, 5.74) is 0. The normalized spacial score (nSPS) is 10.4. The van der Waals surface area contributed by atoms with Crippen LogP contribution in [0.25, 0.3) is 0 Å². The lowest BCUT2D eigenvalue weighted by molar-refractivity contribution is 0.196. The highest BCUT2D eigenvalue weighted by Crippen LogP contribution is 2.37. The molecule has 13 heavy (non-hydrogen) atoms. The Hall–Kier alpha value is 0.670. The predicted molar refractivity (Wildman–Crippen MR) is 66.4 cm³/mol. The molecule has 0 aromatic carbocycles. The van der Waals surface area contributed by atoms with Gasteiger partial charge in [-0.15, -0.1) is 0 Å². The fourth-order valence-corrected chi connectivity index (χ4v) is 5.37. The molecule has 0 aliphatic carbocycles. The van der Waals surface area contributed by atoms with Gasteiger partial charge in [0, 0.05) is 11.5 Å². The maximum absolute atomic E-state index is 10.4. The maximum Gasteiger partial charge on any atom is 0.406 e. The molecule has 0 aromatic rings. The molecule has 0 aliphatic rings. The highest BCUT2D eigenvalue weighted by molar-refractivity contribution is 8.85. The summed E-state index contributed by atoms with van der Waals surface area (Å²) in [6.45, 7) is 4.10. The van der Waals surface area contributed by atoms with E-state index < -0.39 is 6.09 Å². The van der Waals surface area contributed by atoms with Gasteiger partial charge < -0.3 is 5.11 Å². The number of carboxylic acid groups (broad SMARTS) is 1. The average molecular weight is 259 g/mol. The number of rotatable bonds is 7. The Morgan fingerprint density at radius 1 is 1.31 bits per heavy atom.